The van der Waals surface area contributed by atoms with Crippen molar-refractivity contribution in [1.29, 1.82) is 0 Å². The largest absolute Gasteiger partial charge is 0.497 e. The summed E-state index contributed by atoms with van der Waals surface area (Å²) in [6.45, 7) is 1.73. The minimum atomic E-state index is -0.464. The maximum atomic E-state index is 13.1. The normalized spacial score (nSPS) is 12.9. The second-order valence-electron chi connectivity index (χ2n) is 5.76. The quantitative estimate of drug-likeness (QED) is 0.533. The zero-order chi connectivity index (χ0) is 19.1. The number of rotatable bonds is 3. The van der Waals surface area contributed by atoms with Crippen LogP contribution in [-0.2, 0) is 4.74 Å². The van der Waals surface area contributed by atoms with Crippen LogP contribution >= 0.6 is 23.1 Å². The number of aryl methyl sites for hydroxylation is 1. The van der Waals surface area contributed by atoms with Crippen LogP contribution in [0.4, 0.5) is 0 Å². The summed E-state index contributed by atoms with van der Waals surface area (Å²) in [7, 11) is 2.93. The third-order valence-electron chi connectivity index (χ3n) is 4.20. The van der Waals surface area contributed by atoms with Gasteiger partial charge in [0.1, 0.15) is 15.5 Å². The number of thioether (sulfide) groups is 1. The predicted molar refractivity (Wildman–Crippen MR) is 106 cm³/mol. The van der Waals surface area contributed by atoms with Crippen molar-refractivity contribution in [3.8, 4) is 5.75 Å². The number of methoxy groups -OCH3 is 2. The topological polar surface area (TPSA) is 82.5 Å². The van der Waals surface area contributed by atoms with Crippen LogP contribution in [0.5, 0.6) is 5.75 Å². The van der Waals surface area contributed by atoms with Crippen LogP contribution < -0.4 is 15.7 Å². The molecule has 1 aliphatic heterocycles. The maximum Gasteiger partial charge on any atom is 0.348 e. The van der Waals surface area contributed by atoms with Crippen molar-refractivity contribution in [2.45, 2.75) is 12.1 Å². The standard InChI is InChI=1S/C18H15N3O4S2/c1-9-13-15(27-14(9)17(23)25-3)19-18-21(16(13)22)20-12(8-26-18)10-5-4-6-11(7-10)24-2/h4-8,20H,1-3H3. The van der Waals surface area contributed by atoms with Crippen molar-refractivity contribution in [3.05, 3.63) is 56.0 Å². The number of nitrogens with one attached hydrogen (secondary N) is 1. The van der Waals surface area contributed by atoms with Crippen LogP contribution in [0.1, 0.15) is 20.8 Å². The Kier molecular flexibility index (Phi) is 4.40. The lowest BCUT2D eigenvalue weighted by Gasteiger charge is -2.20. The molecule has 1 aliphatic rings. The highest BCUT2D eigenvalue weighted by atomic mass is 32.2. The summed E-state index contributed by atoms with van der Waals surface area (Å²) in [5, 5.41) is 2.82. The lowest BCUT2D eigenvalue weighted by atomic mass is 10.1. The molecule has 0 atom stereocenters. The van der Waals surface area contributed by atoms with Crippen molar-refractivity contribution in [3.63, 3.8) is 0 Å². The number of nitrogens with zero attached hydrogens (tertiary/aromatic N) is 2. The summed E-state index contributed by atoms with van der Waals surface area (Å²) in [5.74, 6) is 0.261. The molecule has 7 nitrogen and oxygen atoms in total. The highest BCUT2D eigenvalue weighted by Gasteiger charge is 2.24. The first-order valence-corrected chi connectivity index (χ1v) is 9.66. The lowest BCUT2D eigenvalue weighted by Crippen LogP contribution is -2.32. The highest BCUT2D eigenvalue weighted by Crippen LogP contribution is 2.33. The van der Waals surface area contributed by atoms with Crippen LogP contribution in [-0.4, -0.2) is 29.8 Å². The lowest BCUT2D eigenvalue weighted by molar-refractivity contribution is 0.0605. The second-order valence-corrected chi connectivity index (χ2v) is 7.59. The van der Waals surface area contributed by atoms with Gasteiger partial charge in [-0.25, -0.2) is 9.78 Å². The van der Waals surface area contributed by atoms with Gasteiger partial charge in [-0.05, 0) is 24.6 Å². The number of carbonyl (C=O) groups is 1. The summed E-state index contributed by atoms with van der Waals surface area (Å²) in [4.78, 5) is 30.5. The number of ether oxygens (including phenoxy) is 2. The first-order chi connectivity index (χ1) is 13.0. The summed E-state index contributed by atoms with van der Waals surface area (Å²) in [6.07, 6.45) is 0. The van der Waals surface area contributed by atoms with Gasteiger partial charge in [0.15, 0.2) is 5.16 Å². The average molecular weight is 401 g/mol. The summed E-state index contributed by atoms with van der Waals surface area (Å²) in [6, 6.07) is 7.54. The third kappa shape index (κ3) is 2.88. The number of aromatic nitrogens is 2. The SMILES string of the molecule is COC(=O)c1sc2nc3n(c(=O)c2c1C)NC(c1cccc(OC)c1)=CS3. The van der Waals surface area contributed by atoms with E-state index in [9.17, 15) is 9.59 Å². The van der Waals surface area contributed by atoms with Crippen LogP contribution in [0.25, 0.3) is 15.9 Å². The molecular formula is C18H15N3O4S2. The zero-order valence-corrected chi connectivity index (χ0v) is 16.4. The van der Waals surface area contributed by atoms with E-state index >= 15 is 0 Å². The molecule has 0 spiro atoms. The van der Waals surface area contributed by atoms with E-state index < -0.39 is 5.97 Å². The number of hydrogen-bond donors (Lipinski definition) is 1. The third-order valence-corrected chi connectivity index (χ3v) is 6.20. The molecule has 4 rings (SSSR count). The number of esters is 1. The predicted octanol–water partition coefficient (Wildman–Crippen LogP) is 3.21. The molecule has 0 radical (unpaired) electrons. The molecule has 27 heavy (non-hydrogen) atoms. The van der Waals surface area contributed by atoms with Crippen molar-refractivity contribution < 1.29 is 14.3 Å². The molecule has 0 saturated carbocycles. The van der Waals surface area contributed by atoms with Gasteiger partial charge in [-0.15, -0.1) is 11.3 Å². The van der Waals surface area contributed by atoms with Crippen molar-refractivity contribution in [2.24, 2.45) is 0 Å². The van der Waals surface area contributed by atoms with Gasteiger partial charge in [-0.1, -0.05) is 23.9 Å². The Hall–Kier alpha value is -2.78. The molecule has 2 aromatic heterocycles. The summed E-state index contributed by atoms with van der Waals surface area (Å²) in [5.41, 5.74) is 5.10. The first-order valence-electron chi connectivity index (χ1n) is 7.96. The summed E-state index contributed by atoms with van der Waals surface area (Å²) >= 11 is 2.51. The molecule has 0 bridgehead atoms. The van der Waals surface area contributed by atoms with Crippen LogP contribution in [0.15, 0.2) is 39.6 Å². The van der Waals surface area contributed by atoms with E-state index in [1.165, 1.54) is 34.9 Å². The molecule has 1 N–H and O–H groups in total. The molecule has 0 fully saturated rings. The van der Waals surface area contributed by atoms with Crippen LogP contribution in [0.3, 0.4) is 0 Å². The van der Waals surface area contributed by atoms with Crippen LogP contribution in [0, 0.1) is 6.92 Å². The van der Waals surface area contributed by atoms with Gasteiger partial charge in [-0.2, -0.15) is 4.68 Å². The van der Waals surface area contributed by atoms with Gasteiger partial charge in [0.05, 0.1) is 25.3 Å². The zero-order valence-electron chi connectivity index (χ0n) is 14.7. The van der Waals surface area contributed by atoms with Gasteiger partial charge in [0, 0.05) is 11.0 Å². The van der Waals surface area contributed by atoms with Gasteiger partial charge in [0.25, 0.3) is 5.56 Å². The minimum absolute atomic E-state index is 0.250. The Balaban J connectivity index is 1.81. The maximum absolute atomic E-state index is 13.1. The second kappa shape index (κ2) is 6.75. The van der Waals surface area contributed by atoms with Crippen molar-refractivity contribution in [2.75, 3.05) is 19.6 Å². The van der Waals surface area contributed by atoms with Crippen LogP contribution in [0.2, 0.25) is 0 Å². The Morgan fingerprint density at radius 1 is 1.30 bits per heavy atom. The number of fused-ring (bicyclic) bond motifs is 2. The average Bonchev–Trinajstić information content (AvgIpc) is 3.04. The van der Waals surface area contributed by atoms with E-state index in [1.807, 2.05) is 29.7 Å². The van der Waals surface area contributed by atoms with E-state index in [0.29, 0.717) is 25.8 Å². The van der Waals surface area contributed by atoms with Gasteiger partial charge < -0.3 is 9.47 Å². The summed E-state index contributed by atoms with van der Waals surface area (Å²) < 4.78 is 11.5. The number of thiophene rings is 1. The smallest absolute Gasteiger partial charge is 0.348 e. The fourth-order valence-electron chi connectivity index (χ4n) is 2.81. The van der Waals surface area contributed by atoms with Gasteiger partial charge >= 0.3 is 5.97 Å². The van der Waals surface area contributed by atoms with E-state index in [4.69, 9.17) is 9.47 Å². The Morgan fingerprint density at radius 3 is 2.85 bits per heavy atom. The highest BCUT2D eigenvalue weighted by molar-refractivity contribution is 8.02. The molecular weight excluding hydrogens is 386 g/mol. The monoisotopic (exact) mass is 401 g/mol. The Morgan fingerprint density at radius 2 is 2.11 bits per heavy atom. The molecule has 9 heteroatoms. The van der Waals surface area contributed by atoms with E-state index in [2.05, 4.69) is 10.4 Å². The van der Waals surface area contributed by atoms with Gasteiger partial charge in [-0.3, -0.25) is 10.2 Å². The Bertz CT molecular complexity index is 1160. The molecule has 0 unspecified atom stereocenters. The molecule has 0 amide bonds. The van der Waals surface area contributed by atoms with E-state index in [1.54, 1.807) is 14.0 Å². The number of carbonyl (C=O) groups excluding carboxylic acids is 1. The molecule has 1 aromatic carbocycles. The molecule has 3 heterocycles. The van der Waals surface area contributed by atoms with E-state index in [0.717, 1.165) is 17.0 Å². The van der Waals surface area contributed by atoms with E-state index in [-0.39, 0.29) is 5.56 Å². The van der Waals surface area contributed by atoms with Crippen molar-refractivity contribution >= 4 is 45.0 Å². The fourth-order valence-corrected chi connectivity index (χ4v) is 4.75. The minimum Gasteiger partial charge on any atom is -0.497 e. The fraction of sp³-hybridized carbons (Fsp3) is 0.167. The molecule has 0 saturated heterocycles. The molecule has 0 aliphatic carbocycles. The number of hydrogen-bond acceptors (Lipinski definition) is 8. The molecule has 3 aromatic rings. The van der Waals surface area contributed by atoms with Crippen molar-refractivity contribution in [1.82, 2.24) is 9.66 Å². The van der Waals surface area contributed by atoms with Gasteiger partial charge in [0.2, 0.25) is 0 Å². The first kappa shape index (κ1) is 17.6. The number of benzene rings is 1. The Labute approximate surface area is 162 Å². The molecule has 138 valence electrons.